The normalized spacial score (nSPS) is 23.8. The Kier molecular flexibility index (Phi) is 4.68. The lowest BCUT2D eigenvalue weighted by Gasteiger charge is -2.43. The van der Waals surface area contributed by atoms with E-state index in [1.165, 1.54) is 12.1 Å². The summed E-state index contributed by atoms with van der Waals surface area (Å²) in [4.78, 5) is 11.8. The molecule has 144 valence electrons. The summed E-state index contributed by atoms with van der Waals surface area (Å²) in [6, 6.07) is 8.12. The minimum absolute atomic E-state index is 0.142. The molecule has 28 heavy (non-hydrogen) atoms. The Morgan fingerprint density at radius 2 is 1.96 bits per heavy atom. The molecule has 0 saturated carbocycles. The van der Waals surface area contributed by atoms with Crippen molar-refractivity contribution in [3.63, 3.8) is 0 Å². The second-order valence-electron chi connectivity index (χ2n) is 6.92. The number of alkyl halides is 3. The van der Waals surface area contributed by atoms with E-state index in [-0.39, 0.29) is 11.1 Å². The van der Waals surface area contributed by atoms with Gasteiger partial charge in [0, 0.05) is 5.92 Å². The molecule has 3 N–H and O–H groups in total. The van der Waals surface area contributed by atoms with Gasteiger partial charge in [0.2, 0.25) is 0 Å². The number of aliphatic carboxylic acids is 1. The summed E-state index contributed by atoms with van der Waals surface area (Å²) in [5.41, 5.74) is 2.89. The lowest BCUT2D eigenvalue weighted by atomic mass is 9.56. The highest BCUT2D eigenvalue weighted by Gasteiger charge is 2.55. The van der Waals surface area contributed by atoms with E-state index in [1.54, 1.807) is 6.08 Å². The summed E-state index contributed by atoms with van der Waals surface area (Å²) in [5, 5.41) is 29.3. The van der Waals surface area contributed by atoms with E-state index in [4.69, 9.17) is 5.73 Å². The molecule has 5 nitrogen and oxygen atoms in total. The van der Waals surface area contributed by atoms with Gasteiger partial charge in [-0.25, -0.2) is 4.79 Å². The van der Waals surface area contributed by atoms with Gasteiger partial charge in [0.25, 0.3) is 0 Å². The molecule has 0 aromatic heterocycles. The molecule has 0 heterocycles. The van der Waals surface area contributed by atoms with Gasteiger partial charge in [0.05, 0.1) is 29.0 Å². The van der Waals surface area contributed by atoms with Crippen LogP contribution in [0.1, 0.15) is 36.3 Å². The number of nitriles is 2. The molecule has 3 rings (SSSR count). The number of carboxylic acids is 1. The average molecular weight is 387 g/mol. The van der Waals surface area contributed by atoms with E-state index in [1.807, 2.05) is 12.1 Å². The first-order valence-corrected chi connectivity index (χ1v) is 8.61. The largest absolute Gasteiger partial charge is 0.478 e. The molecule has 0 spiro atoms. The van der Waals surface area contributed by atoms with Crippen molar-refractivity contribution in [3.8, 4) is 12.1 Å². The monoisotopic (exact) mass is 387 g/mol. The Hall–Kier alpha value is -3.26. The zero-order valence-corrected chi connectivity index (χ0v) is 14.6. The Labute approximate surface area is 159 Å². The number of allylic oxidation sites excluding steroid dienone is 2. The molecule has 8 heteroatoms. The lowest BCUT2D eigenvalue weighted by Crippen LogP contribution is -2.44. The summed E-state index contributed by atoms with van der Waals surface area (Å²) in [7, 11) is 0. The molecule has 0 aliphatic heterocycles. The molecule has 2 atom stereocenters. The number of carboxylic acid groups (broad SMARTS) is 1. The number of hydrogen-bond acceptors (Lipinski definition) is 4. The number of nitrogens with two attached hydrogens (primary N) is 1. The van der Waals surface area contributed by atoms with E-state index >= 15 is 0 Å². The number of fused-ring (bicyclic) bond motifs is 1. The van der Waals surface area contributed by atoms with E-state index in [9.17, 15) is 33.6 Å². The van der Waals surface area contributed by atoms with E-state index < -0.39 is 40.7 Å². The highest BCUT2D eigenvalue weighted by atomic mass is 19.4. The zero-order chi connectivity index (χ0) is 20.7. The third-order valence-electron chi connectivity index (χ3n) is 5.47. The number of carbonyl (C=O) groups is 1. The van der Waals surface area contributed by atoms with Crippen LogP contribution in [0.25, 0.3) is 0 Å². The Balaban J connectivity index is 2.33. The fourth-order valence-electron chi connectivity index (χ4n) is 4.27. The van der Waals surface area contributed by atoms with Crippen LogP contribution in [0.5, 0.6) is 0 Å². The second-order valence-corrected chi connectivity index (χ2v) is 6.92. The van der Waals surface area contributed by atoms with Crippen molar-refractivity contribution in [1.29, 1.82) is 10.5 Å². The molecular weight excluding hydrogens is 371 g/mol. The third-order valence-corrected chi connectivity index (χ3v) is 5.47. The van der Waals surface area contributed by atoms with Gasteiger partial charge in [0.1, 0.15) is 0 Å². The summed E-state index contributed by atoms with van der Waals surface area (Å²) < 4.78 is 39.6. The smallest absolute Gasteiger partial charge is 0.416 e. The van der Waals surface area contributed by atoms with E-state index in [2.05, 4.69) is 0 Å². The van der Waals surface area contributed by atoms with Crippen molar-refractivity contribution in [2.45, 2.75) is 31.4 Å². The summed E-state index contributed by atoms with van der Waals surface area (Å²) in [6.45, 7) is 0. The maximum Gasteiger partial charge on any atom is 0.416 e. The maximum atomic E-state index is 13.2. The number of hydrogen-bond donors (Lipinski definition) is 2. The average Bonchev–Trinajstić information content (AvgIpc) is 2.66. The fraction of sp³-hybridized carbons (Fsp3) is 0.350. The van der Waals surface area contributed by atoms with Crippen molar-refractivity contribution >= 4 is 5.97 Å². The number of halogens is 3. The molecule has 1 aromatic carbocycles. The van der Waals surface area contributed by atoms with E-state index in [0.29, 0.717) is 24.8 Å². The summed E-state index contributed by atoms with van der Waals surface area (Å²) in [6.07, 6.45) is -1.18. The Bertz CT molecular complexity index is 966. The van der Waals surface area contributed by atoms with Gasteiger partial charge in [-0.15, -0.1) is 0 Å². The molecule has 0 fully saturated rings. The van der Waals surface area contributed by atoms with Crippen LogP contribution in [0.3, 0.4) is 0 Å². The Morgan fingerprint density at radius 1 is 1.29 bits per heavy atom. The fourth-order valence-corrected chi connectivity index (χ4v) is 4.27. The van der Waals surface area contributed by atoms with Gasteiger partial charge in [0.15, 0.2) is 5.41 Å². The standard InChI is InChI=1S/C20H16F3N3O2/c21-20(22,23)12-5-3-4-11(8-12)16-14-7-2-1-6-13(14)15(18(27)28)17(26)19(16,9-24)10-25/h3-6,8,14,16H,1-2,7,26H2,(H,27,28). The highest BCUT2D eigenvalue weighted by Crippen LogP contribution is 2.56. The van der Waals surface area contributed by atoms with Crippen LogP contribution in [-0.4, -0.2) is 11.1 Å². The zero-order valence-electron chi connectivity index (χ0n) is 14.6. The van der Waals surface area contributed by atoms with Gasteiger partial charge < -0.3 is 10.8 Å². The predicted molar refractivity (Wildman–Crippen MR) is 92.1 cm³/mol. The van der Waals surface area contributed by atoms with Crippen molar-refractivity contribution in [2.24, 2.45) is 17.1 Å². The second kappa shape index (κ2) is 6.72. The van der Waals surface area contributed by atoms with Crippen LogP contribution in [0.2, 0.25) is 0 Å². The molecule has 0 amide bonds. The molecule has 1 aromatic rings. The molecule has 2 aliphatic rings. The topological polar surface area (TPSA) is 111 Å². The number of rotatable bonds is 2. The predicted octanol–water partition coefficient (Wildman–Crippen LogP) is 3.86. The molecule has 0 radical (unpaired) electrons. The Morgan fingerprint density at radius 3 is 2.54 bits per heavy atom. The van der Waals surface area contributed by atoms with Crippen molar-refractivity contribution in [2.75, 3.05) is 0 Å². The maximum absolute atomic E-state index is 13.2. The highest BCUT2D eigenvalue weighted by molar-refractivity contribution is 5.94. The summed E-state index contributed by atoms with van der Waals surface area (Å²) in [5.74, 6) is -2.94. The van der Waals surface area contributed by atoms with Crippen LogP contribution in [-0.2, 0) is 11.0 Å². The molecule has 0 bridgehead atoms. The SMILES string of the molecule is N#CC1(C#N)C(N)=C(C(=O)O)C2=CCCCC2C1c1cccc(C(F)(F)F)c1. The van der Waals surface area contributed by atoms with Gasteiger partial charge in [-0.3, -0.25) is 0 Å². The first-order chi connectivity index (χ1) is 13.2. The van der Waals surface area contributed by atoms with Crippen LogP contribution in [0, 0.1) is 34.0 Å². The van der Waals surface area contributed by atoms with Gasteiger partial charge in [-0.1, -0.05) is 24.3 Å². The summed E-state index contributed by atoms with van der Waals surface area (Å²) >= 11 is 0. The molecular formula is C20H16F3N3O2. The van der Waals surface area contributed by atoms with Gasteiger partial charge in [-0.05, 0) is 42.4 Å². The number of benzene rings is 1. The van der Waals surface area contributed by atoms with Crippen molar-refractivity contribution < 1.29 is 23.1 Å². The van der Waals surface area contributed by atoms with Gasteiger partial charge >= 0.3 is 12.1 Å². The van der Waals surface area contributed by atoms with Crippen LogP contribution < -0.4 is 5.73 Å². The van der Waals surface area contributed by atoms with Crippen molar-refractivity contribution in [1.82, 2.24) is 0 Å². The molecule has 2 aliphatic carbocycles. The first kappa shape index (κ1) is 19.5. The van der Waals surface area contributed by atoms with E-state index in [0.717, 1.165) is 12.1 Å². The lowest BCUT2D eigenvalue weighted by molar-refractivity contribution is -0.137. The first-order valence-electron chi connectivity index (χ1n) is 8.61. The quantitative estimate of drug-likeness (QED) is 0.800. The van der Waals surface area contributed by atoms with Crippen LogP contribution in [0.15, 0.2) is 47.2 Å². The van der Waals surface area contributed by atoms with Crippen LogP contribution >= 0.6 is 0 Å². The number of nitrogens with zero attached hydrogens (tertiary/aromatic N) is 2. The third kappa shape index (κ3) is 2.82. The minimum atomic E-state index is -4.59. The molecule has 0 saturated heterocycles. The van der Waals surface area contributed by atoms with Crippen LogP contribution in [0.4, 0.5) is 13.2 Å². The van der Waals surface area contributed by atoms with Gasteiger partial charge in [-0.2, -0.15) is 23.7 Å². The molecule has 2 unspecified atom stereocenters. The van der Waals surface area contributed by atoms with Crippen molar-refractivity contribution in [3.05, 3.63) is 58.3 Å². The minimum Gasteiger partial charge on any atom is -0.478 e.